The molecule has 0 spiro atoms. The lowest BCUT2D eigenvalue weighted by molar-refractivity contribution is -0.130. The monoisotopic (exact) mass is 234 g/mol. The van der Waals surface area contributed by atoms with Gasteiger partial charge in [0.15, 0.2) is 0 Å². The number of carbonyl (C=O) groups is 1. The second-order valence-electron chi connectivity index (χ2n) is 3.59. The first-order valence-corrected chi connectivity index (χ1v) is 5.26. The van der Waals surface area contributed by atoms with Crippen LogP contribution in [0.25, 0.3) is 0 Å². The lowest BCUT2D eigenvalue weighted by Gasteiger charge is -2.15. The second kappa shape index (κ2) is 6.43. The third kappa shape index (κ3) is 4.07. The Labute approximate surface area is 99.1 Å². The first kappa shape index (κ1) is 12.9. The van der Waals surface area contributed by atoms with Gasteiger partial charge in [0.05, 0.1) is 18.8 Å². The van der Waals surface area contributed by atoms with Crippen molar-refractivity contribution in [2.24, 2.45) is 0 Å². The topological polar surface area (TPSA) is 79.0 Å². The number of nitriles is 1. The van der Waals surface area contributed by atoms with Gasteiger partial charge in [-0.15, -0.1) is 0 Å². The van der Waals surface area contributed by atoms with Crippen LogP contribution in [0.2, 0.25) is 0 Å². The molecule has 90 valence electrons. The van der Waals surface area contributed by atoms with Gasteiger partial charge in [0.25, 0.3) is 5.56 Å². The van der Waals surface area contributed by atoms with E-state index in [1.54, 1.807) is 7.05 Å². The van der Waals surface area contributed by atoms with Gasteiger partial charge in [0, 0.05) is 38.8 Å². The van der Waals surface area contributed by atoms with Gasteiger partial charge in [-0.1, -0.05) is 0 Å². The number of aromatic nitrogens is 2. The summed E-state index contributed by atoms with van der Waals surface area (Å²) >= 11 is 0. The predicted octanol–water partition coefficient (Wildman–Crippen LogP) is 0.00548. The van der Waals surface area contributed by atoms with Crippen LogP contribution in [0.1, 0.15) is 12.8 Å². The van der Waals surface area contributed by atoms with E-state index in [1.165, 1.54) is 28.1 Å². The van der Waals surface area contributed by atoms with Crippen LogP contribution < -0.4 is 5.56 Å². The first-order valence-electron chi connectivity index (χ1n) is 5.26. The SMILES string of the molecule is CN(CCC#N)C(=O)CCn1cnccc1=O. The molecule has 1 amide bonds. The second-order valence-corrected chi connectivity index (χ2v) is 3.59. The van der Waals surface area contributed by atoms with Crippen LogP contribution in [-0.2, 0) is 11.3 Å². The highest BCUT2D eigenvalue weighted by Gasteiger charge is 2.08. The van der Waals surface area contributed by atoms with E-state index < -0.39 is 0 Å². The van der Waals surface area contributed by atoms with Crippen LogP contribution in [0.3, 0.4) is 0 Å². The maximum Gasteiger partial charge on any atom is 0.253 e. The standard InChI is InChI=1S/C11H14N4O2/c1-14(7-2-5-12)10(16)4-8-15-9-13-6-3-11(15)17/h3,6,9H,2,4,7-8H2,1H3. The molecule has 6 nitrogen and oxygen atoms in total. The van der Waals surface area contributed by atoms with Gasteiger partial charge in [-0.25, -0.2) is 4.98 Å². The van der Waals surface area contributed by atoms with Gasteiger partial charge >= 0.3 is 0 Å². The van der Waals surface area contributed by atoms with E-state index in [0.717, 1.165) is 0 Å². The molecule has 0 atom stereocenters. The van der Waals surface area contributed by atoms with Gasteiger partial charge in [-0.05, 0) is 0 Å². The Bertz CT molecular complexity index is 475. The molecular weight excluding hydrogens is 220 g/mol. The molecule has 1 aromatic heterocycles. The molecule has 0 aliphatic carbocycles. The minimum absolute atomic E-state index is 0.0870. The quantitative estimate of drug-likeness (QED) is 0.718. The molecule has 0 aromatic carbocycles. The fourth-order valence-electron chi connectivity index (χ4n) is 1.30. The first-order chi connectivity index (χ1) is 8.15. The van der Waals surface area contributed by atoms with Crippen LogP contribution in [0.5, 0.6) is 0 Å². The summed E-state index contributed by atoms with van der Waals surface area (Å²) in [5.74, 6) is -0.0870. The summed E-state index contributed by atoms with van der Waals surface area (Å²) in [6.07, 6.45) is 3.37. The van der Waals surface area contributed by atoms with Gasteiger partial charge in [-0.3, -0.25) is 14.2 Å². The third-order valence-electron chi connectivity index (χ3n) is 2.34. The summed E-state index contributed by atoms with van der Waals surface area (Å²) < 4.78 is 1.38. The Kier molecular flexibility index (Phi) is 4.88. The Morgan fingerprint density at radius 3 is 3.06 bits per heavy atom. The molecule has 17 heavy (non-hydrogen) atoms. The minimum atomic E-state index is -0.174. The van der Waals surface area contributed by atoms with E-state index >= 15 is 0 Å². The van der Waals surface area contributed by atoms with E-state index in [-0.39, 0.29) is 17.9 Å². The zero-order chi connectivity index (χ0) is 12.7. The van der Waals surface area contributed by atoms with Crippen molar-refractivity contribution < 1.29 is 4.79 Å². The number of hydrogen-bond acceptors (Lipinski definition) is 4. The molecule has 0 aliphatic rings. The van der Waals surface area contributed by atoms with E-state index in [2.05, 4.69) is 4.98 Å². The highest BCUT2D eigenvalue weighted by molar-refractivity contribution is 5.75. The van der Waals surface area contributed by atoms with Crippen molar-refractivity contribution in [1.29, 1.82) is 5.26 Å². The zero-order valence-corrected chi connectivity index (χ0v) is 9.67. The summed E-state index contributed by atoms with van der Waals surface area (Å²) in [5, 5.41) is 8.40. The fourth-order valence-corrected chi connectivity index (χ4v) is 1.30. The molecule has 1 aromatic rings. The molecule has 1 rings (SSSR count). The number of rotatable bonds is 5. The van der Waals surface area contributed by atoms with Crippen molar-refractivity contribution in [2.75, 3.05) is 13.6 Å². The van der Waals surface area contributed by atoms with Gasteiger partial charge in [0.2, 0.25) is 5.91 Å². The van der Waals surface area contributed by atoms with E-state index in [0.29, 0.717) is 19.5 Å². The highest BCUT2D eigenvalue weighted by Crippen LogP contribution is 1.94. The smallest absolute Gasteiger partial charge is 0.253 e. The van der Waals surface area contributed by atoms with Crippen molar-refractivity contribution in [3.8, 4) is 6.07 Å². The maximum absolute atomic E-state index is 11.6. The number of hydrogen-bond donors (Lipinski definition) is 0. The Balaban J connectivity index is 2.46. The van der Waals surface area contributed by atoms with Crippen LogP contribution in [-0.4, -0.2) is 34.0 Å². The van der Waals surface area contributed by atoms with E-state index in [9.17, 15) is 9.59 Å². The summed E-state index contributed by atoms with van der Waals surface area (Å²) in [4.78, 5) is 28.2. The molecule has 0 saturated carbocycles. The van der Waals surface area contributed by atoms with Crippen LogP contribution in [0.4, 0.5) is 0 Å². The Hall–Kier alpha value is -2.16. The van der Waals surface area contributed by atoms with Crippen LogP contribution >= 0.6 is 0 Å². The van der Waals surface area contributed by atoms with Crippen molar-refractivity contribution in [1.82, 2.24) is 14.5 Å². The Morgan fingerprint density at radius 1 is 1.65 bits per heavy atom. The lowest BCUT2D eigenvalue weighted by atomic mass is 10.3. The van der Waals surface area contributed by atoms with Crippen LogP contribution in [0.15, 0.2) is 23.4 Å². The molecule has 0 unspecified atom stereocenters. The molecule has 0 saturated heterocycles. The molecule has 1 heterocycles. The van der Waals surface area contributed by atoms with Crippen LogP contribution in [0, 0.1) is 11.3 Å². The average molecular weight is 234 g/mol. The molecule has 0 aliphatic heterocycles. The lowest BCUT2D eigenvalue weighted by Crippen LogP contribution is -2.29. The maximum atomic E-state index is 11.6. The normalized spacial score (nSPS) is 9.65. The molecule has 0 radical (unpaired) electrons. The summed E-state index contributed by atoms with van der Waals surface area (Å²) in [5.41, 5.74) is -0.174. The van der Waals surface area contributed by atoms with Gasteiger partial charge in [-0.2, -0.15) is 5.26 Å². The molecule has 6 heteroatoms. The van der Waals surface area contributed by atoms with Crippen molar-refractivity contribution in [2.45, 2.75) is 19.4 Å². The van der Waals surface area contributed by atoms with Crippen molar-refractivity contribution in [3.63, 3.8) is 0 Å². The molecule has 0 N–H and O–H groups in total. The summed E-state index contributed by atoms with van der Waals surface area (Å²) in [6.45, 7) is 0.722. The number of nitrogens with zero attached hydrogens (tertiary/aromatic N) is 4. The predicted molar refractivity (Wildman–Crippen MR) is 61.0 cm³/mol. The van der Waals surface area contributed by atoms with E-state index in [1.807, 2.05) is 6.07 Å². The van der Waals surface area contributed by atoms with Gasteiger partial charge in [0.1, 0.15) is 0 Å². The third-order valence-corrected chi connectivity index (χ3v) is 2.34. The van der Waals surface area contributed by atoms with Gasteiger partial charge < -0.3 is 4.90 Å². The Morgan fingerprint density at radius 2 is 2.41 bits per heavy atom. The summed E-state index contributed by atoms with van der Waals surface area (Å²) in [6, 6.07) is 3.33. The highest BCUT2D eigenvalue weighted by atomic mass is 16.2. The number of aryl methyl sites for hydroxylation is 1. The molecular formula is C11H14N4O2. The minimum Gasteiger partial charge on any atom is -0.345 e. The number of carbonyl (C=O) groups excluding carboxylic acids is 1. The number of amides is 1. The average Bonchev–Trinajstić information content (AvgIpc) is 2.34. The molecule has 0 fully saturated rings. The van der Waals surface area contributed by atoms with E-state index in [4.69, 9.17) is 5.26 Å². The zero-order valence-electron chi connectivity index (χ0n) is 9.67. The largest absolute Gasteiger partial charge is 0.345 e. The van der Waals surface area contributed by atoms with Crippen molar-refractivity contribution in [3.05, 3.63) is 28.9 Å². The van der Waals surface area contributed by atoms with Crippen molar-refractivity contribution >= 4 is 5.91 Å². The molecule has 0 bridgehead atoms. The summed E-state index contributed by atoms with van der Waals surface area (Å²) in [7, 11) is 1.64. The fraction of sp³-hybridized carbons (Fsp3) is 0.455.